The summed E-state index contributed by atoms with van der Waals surface area (Å²) >= 11 is 1.66. The van der Waals surface area contributed by atoms with Crippen molar-refractivity contribution in [3.8, 4) is 0 Å². The van der Waals surface area contributed by atoms with Crippen molar-refractivity contribution in [1.29, 1.82) is 0 Å². The molecule has 1 saturated heterocycles. The van der Waals surface area contributed by atoms with Crippen molar-refractivity contribution in [1.82, 2.24) is 14.4 Å². The standard InChI is InChI=1S/C17H19N3O3S2/c1-11-16(12(2)23-19-11)25(21,22)20-9-5-6-13(10-20)17-18-14-7-3-4-8-15(14)24-17/h3-4,7-8,13H,5-6,9-10H2,1-2H3/t13-/m0/s1. The Kier molecular flexibility index (Phi) is 4.13. The van der Waals surface area contributed by atoms with Crippen molar-refractivity contribution in [3.05, 3.63) is 40.7 Å². The van der Waals surface area contributed by atoms with E-state index < -0.39 is 10.0 Å². The number of sulfonamides is 1. The van der Waals surface area contributed by atoms with Crippen LogP contribution in [-0.4, -0.2) is 36.0 Å². The molecule has 8 heteroatoms. The largest absolute Gasteiger partial charge is 0.360 e. The normalized spacial score (nSPS) is 19.5. The third-order valence-electron chi connectivity index (χ3n) is 4.61. The quantitative estimate of drug-likeness (QED) is 0.698. The molecule has 4 rings (SSSR count). The van der Waals surface area contributed by atoms with E-state index in [0.717, 1.165) is 28.1 Å². The monoisotopic (exact) mass is 377 g/mol. The van der Waals surface area contributed by atoms with Gasteiger partial charge >= 0.3 is 0 Å². The first-order valence-corrected chi connectivity index (χ1v) is 10.5. The SMILES string of the molecule is Cc1noc(C)c1S(=O)(=O)N1CCC[C@H](c2nc3ccccc3s2)C1. The molecule has 1 aliphatic heterocycles. The van der Waals surface area contributed by atoms with Gasteiger partial charge in [0.05, 0.1) is 15.2 Å². The van der Waals surface area contributed by atoms with Crippen LogP contribution in [0.4, 0.5) is 0 Å². The van der Waals surface area contributed by atoms with E-state index in [4.69, 9.17) is 9.51 Å². The molecular formula is C17H19N3O3S2. The van der Waals surface area contributed by atoms with Gasteiger partial charge in [-0.3, -0.25) is 0 Å². The van der Waals surface area contributed by atoms with E-state index in [1.807, 2.05) is 18.2 Å². The van der Waals surface area contributed by atoms with Crippen LogP contribution in [-0.2, 0) is 10.0 Å². The highest BCUT2D eigenvalue weighted by Crippen LogP contribution is 2.35. The number of thiazole rings is 1. The second-order valence-corrected chi connectivity index (χ2v) is 9.31. The van der Waals surface area contributed by atoms with Gasteiger partial charge in [0.2, 0.25) is 10.0 Å². The molecule has 132 valence electrons. The molecule has 3 heterocycles. The van der Waals surface area contributed by atoms with Gasteiger partial charge < -0.3 is 4.52 Å². The molecule has 0 aliphatic carbocycles. The minimum atomic E-state index is -3.60. The summed E-state index contributed by atoms with van der Waals surface area (Å²) in [4.78, 5) is 4.92. The zero-order valence-electron chi connectivity index (χ0n) is 14.1. The molecule has 0 N–H and O–H groups in total. The first kappa shape index (κ1) is 16.7. The molecule has 0 unspecified atom stereocenters. The van der Waals surface area contributed by atoms with Crippen molar-refractivity contribution in [2.45, 2.75) is 37.5 Å². The summed E-state index contributed by atoms with van der Waals surface area (Å²) in [6.45, 7) is 4.28. The molecule has 0 bridgehead atoms. The smallest absolute Gasteiger partial charge is 0.248 e. The predicted molar refractivity (Wildman–Crippen MR) is 96.3 cm³/mol. The number of para-hydroxylation sites is 1. The highest BCUT2D eigenvalue weighted by Gasteiger charge is 2.35. The highest BCUT2D eigenvalue weighted by atomic mass is 32.2. The van der Waals surface area contributed by atoms with Gasteiger partial charge in [0, 0.05) is 19.0 Å². The molecule has 1 aromatic carbocycles. The van der Waals surface area contributed by atoms with Gasteiger partial charge in [-0.2, -0.15) is 4.31 Å². The predicted octanol–water partition coefficient (Wildman–Crippen LogP) is 3.47. The Morgan fingerprint density at radius 1 is 1.28 bits per heavy atom. The van der Waals surface area contributed by atoms with Crippen LogP contribution in [0.25, 0.3) is 10.2 Å². The summed E-state index contributed by atoms with van der Waals surface area (Å²) in [5.41, 5.74) is 1.40. The van der Waals surface area contributed by atoms with E-state index in [2.05, 4.69) is 11.2 Å². The number of hydrogen-bond donors (Lipinski definition) is 0. The van der Waals surface area contributed by atoms with Gasteiger partial charge in [0.15, 0.2) is 5.76 Å². The number of hydrogen-bond acceptors (Lipinski definition) is 6. The van der Waals surface area contributed by atoms with Gasteiger partial charge in [-0.15, -0.1) is 11.3 Å². The number of benzene rings is 1. The Hall–Kier alpha value is -1.77. The van der Waals surface area contributed by atoms with Crippen LogP contribution in [0.3, 0.4) is 0 Å². The lowest BCUT2D eigenvalue weighted by Crippen LogP contribution is -2.39. The zero-order valence-corrected chi connectivity index (χ0v) is 15.7. The van der Waals surface area contributed by atoms with Gasteiger partial charge in [-0.1, -0.05) is 17.3 Å². The Balaban J connectivity index is 1.65. The topological polar surface area (TPSA) is 76.3 Å². The van der Waals surface area contributed by atoms with Crippen molar-refractivity contribution < 1.29 is 12.9 Å². The lowest BCUT2D eigenvalue weighted by molar-refractivity contribution is 0.314. The second kappa shape index (κ2) is 6.19. The third-order valence-corrected chi connectivity index (χ3v) is 7.92. The Labute approximate surface area is 150 Å². The molecule has 25 heavy (non-hydrogen) atoms. The van der Waals surface area contributed by atoms with Gasteiger partial charge in [0.1, 0.15) is 10.6 Å². The molecule has 1 fully saturated rings. The maximum absolute atomic E-state index is 13.0. The van der Waals surface area contributed by atoms with Crippen molar-refractivity contribution in [3.63, 3.8) is 0 Å². The summed E-state index contributed by atoms with van der Waals surface area (Å²) in [6, 6.07) is 8.02. The van der Waals surface area contributed by atoms with Crippen LogP contribution in [0, 0.1) is 13.8 Å². The molecule has 0 amide bonds. The fourth-order valence-corrected chi connectivity index (χ4v) is 6.31. The molecule has 6 nitrogen and oxygen atoms in total. The third kappa shape index (κ3) is 2.88. The highest BCUT2D eigenvalue weighted by molar-refractivity contribution is 7.89. The van der Waals surface area contributed by atoms with Crippen molar-refractivity contribution in [2.75, 3.05) is 13.1 Å². The summed E-state index contributed by atoms with van der Waals surface area (Å²) < 4.78 is 33.9. The van der Waals surface area contributed by atoms with Crippen molar-refractivity contribution >= 4 is 31.6 Å². The van der Waals surface area contributed by atoms with Crippen LogP contribution < -0.4 is 0 Å². The molecular weight excluding hydrogens is 358 g/mol. The molecule has 3 aromatic rings. The van der Waals surface area contributed by atoms with E-state index in [1.165, 1.54) is 0 Å². The lowest BCUT2D eigenvalue weighted by atomic mass is 10.0. The number of rotatable bonds is 3. The van der Waals surface area contributed by atoms with Crippen LogP contribution in [0.1, 0.15) is 35.2 Å². The molecule has 1 atom stereocenters. The fraction of sp³-hybridized carbons (Fsp3) is 0.412. The number of piperidine rings is 1. The zero-order chi connectivity index (χ0) is 17.6. The first-order valence-electron chi connectivity index (χ1n) is 8.25. The number of nitrogens with zero attached hydrogens (tertiary/aromatic N) is 3. The number of fused-ring (bicyclic) bond motifs is 1. The second-order valence-electron chi connectivity index (χ2n) is 6.38. The van der Waals surface area contributed by atoms with Crippen LogP contribution >= 0.6 is 11.3 Å². The molecule has 0 radical (unpaired) electrons. The Morgan fingerprint density at radius 3 is 2.80 bits per heavy atom. The van der Waals surface area contributed by atoms with Crippen LogP contribution in [0.5, 0.6) is 0 Å². The van der Waals surface area contributed by atoms with Gasteiger partial charge in [-0.25, -0.2) is 13.4 Å². The first-order chi connectivity index (χ1) is 12.0. The minimum Gasteiger partial charge on any atom is -0.360 e. The summed E-state index contributed by atoms with van der Waals surface area (Å²) in [5, 5.41) is 4.81. The van der Waals surface area contributed by atoms with E-state index in [1.54, 1.807) is 29.5 Å². The Morgan fingerprint density at radius 2 is 2.08 bits per heavy atom. The van der Waals surface area contributed by atoms with E-state index in [0.29, 0.717) is 24.5 Å². The maximum Gasteiger partial charge on any atom is 0.248 e. The Bertz CT molecular complexity index is 970. The van der Waals surface area contributed by atoms with E-state index in [-0.39, 0.29) is 10.8 Å². The van der Waals surface area contributed by atoms with Crippen molar-refractivity contribution in [2.24, 2.45) is 0 Å². The van der Waals surface area contributed by atoms with Gasteiger partial charge in [-0.05, 0) is 38.8 Å². The summed E-state index contributed by atoms with van der Waals surface area (Å²) in [6.07, 6.45) is 1.77. The van der Waals surface area contributed by atoms with Crippen LogP contribution in [0.15, 0.2) is 33.7 Å². The molecule has 2 aromatic heterocycles. The average molecular weight is 377 g/mol. The molecule has 1 aliphatic rings. The average Bonchev–Trinajstić information content (AvgIpc) is 3.18. The number of aryl methyl sites for hydroxylation is 2. The minimum absolute atomic E-state index is 0.126. The van der Waals surface area contributed by atoms with Crippen LogP contribution in [0.2, 0.25) is 0 Å². The number of aromatic nitrogens is 2. The summed E-state index contributed by atoms with van der Waals surface area (Å²) in [7, 11) is -3.60. The van der Waals surface area contributed by atoms with Gasteiger partial charge in [0.25, 0.3) is 0 Å². The maximum atomic E-state index is 13.0. The summed E-state index contributed by atoms with van der Waals surface area (Å²) in [5.74, 6) is 0.473. The van der Waals surface area contributed by atoms with E-state index in [9.17, 15) is 8.42 Å². The molecule has 0 spiro atoms. The lowest BCUT2D eigenvalue weighted by Gasteiger charge is -2.30. The van der Waals surface area contributed by atoms with E-state index >= 15 is 0 Å². The fourth-order valence-electron chi connectivity index (χ4n) is 3.40. The molecule has 0 saturated carbocycles.